The fourth-order valence-corrected chi connectivity index (χ4v) is 8.15. The predicted octanol–water partition coefficient (Wildman–Crippen LogP) is 10.7. The molecule has 1 aliphatic rings. The molecule has 0 radical (unpaired) electrons. The summed E-state index contributed by atoms with van der Waals surface area (Å²) in [5.74, 6) is 0. The first kappa shape index (κ1) is 19.9. The van der Waals surface area contributed by atoms with Gasteiger partial charge in [0.1, 0.15) is 0 Å². The molecule has 0 amide bonds. The van der Waals surface area contributed by atoms with Gasteiger partial charge < -0.3 is 0 Å². The second-order valence-electron chi connectivity index (χ2n) is 10.3. The highest BCUT2D eigenvalue weighted by molar-refractivity contribution is 7.27. The standard InChI is InChI=1S/C36H22S/c1-3-12-24-21(9-1)19-22-10-2-4-13-25(22)33(24)30-20-23-11-7-16-28-32(23)34-26(30)15-8-17-29(34)36-35(28)27-14-5-6-18-31(27)37-36/h1,3-9,11-20H,2,10H2. The van der Waals surface area contributed by atoms with E-state index >= 15 is 0 Å². The minimum Gasteiger partial charge on any atom is -0.135 e. The maximum Gasteiger partial charge on any atom is 0.0440 e. The van der Waals surface area contributed by atoms with Gasteiger partial charge in [-0.25, -0.2) is 0 Å². The van der Waals surface area contributed by atoms with Crippen LogP contribution in [-0.4, -0.2) is 0 Å². The fraction of sp³-hybridized carbons (Fsp3) is 0.0556. The summed E-state index contributed by atoms with van der Waals surface area (Å²) < 4.78 is 2.77. The molecule has 8 aromatic rings. The first-order valence-electron chi connectivity index (χ1n) is 13.1. The predicted molar refractivity (Wildman–Crippen MR) is 163 cm³/mol. The van der Waals surface area contributed by atoms with Crippen LogP contribution in [0.25, 0.3) is 80.5 Å². The van der Waals surface area contributed by atoms with Crippen LogP contribution in [0, 0.1) is 0 Å². The van der Waals surface area contributed by atoms with E-state index in [2.05, 4.69) is 109 Å². The molecule has 0 unspecified atom stereocenters. The molecular formula is C36H22S. The molecule has 1 heteroatoms. The number of benzene rings is 7. The van der Waals surface area contributed by atoms with E-state index < -0.39 is 0 Å². The number of allylic oxidation sites excluding steroid dienone is 1. The van der Waals surface area contributed by atoms with Crippen LogP contribution in [0.4, 0.5) is 0 Å². The second kappa shape index (κ2) is 7.18. The lowest BCUT2D eigenvalue weighted by molar-refractivity contribution is 0.989. The summed E-state index contributed by atoms with van der Waals surface area (Å²) >= 11 is 1.94. The molecule has 1 heterocycles. The zero-order valence-electron chi connectivity index (χ0n) is 20.2. The van der Waals surface area contributed by atoms with Crippen LogP contribution in [0.1, 0.15) is 17.5 Å². The lowest BCUT2D eigenvalue weighted by Crippen LogP contribution is -1.99. The Bertz CT molecular complexity index is 2240. The van der Waals surface area contributed by atoms with E-state index in [1.807, 2.05) is 11.3 Å². The maximum absolute atomic E-state index is 2.47. The minimum absolute atomic E-state index is 1.11. The van der Waals surface area contributed by atoms with Crippen LogP contribution >= 0.6 is 11.3 Å². The normalized spacial score (nSPS) is 13.6. The van der Waals surface area contributed by atoms with Crippen molar-refractivity contribution in [2.75, 3.05) is 0 Å². The average molecular weight is 487 g/mol. The Morgan fingerprint density at radius 3 is 2.30 bits per heavy atom. The van der Waals surface area contributed by atoms with Gasteiger partial charge in [-0.05, 0) is 84.9 Å². The quantitative estimate of drug-likeness (QED) is 0.202. The summed E-state index contributed by atoms with van der Waals surface area (Å²) in [4.78, 5) is 0. The van der Waals surface area contributed by atoms with Gasteiger partial charge in [0.2, 0.25) is 0 Å². The third kappa shape index (κ3) is 2.57. The van der Waals surface area contributed by atoms with Crippen LogP contribution < -0.4 is 0 Å². The van der Waals surface area contributed by atoms with Gasteiger partial charge in [-0.2, -0.15) is 0 Å². The van der Waals surface area contributed by atoms with Crippen LogP contribution in [0.15, 0.2) is 103 Å². The molecule has 0 bridgehead atoms. The highest BCUT2D eigenvalue weighted by atomic mass is 32.1. The molecule has 0 atom stereocenters. The van der Waals surface area contributed by atoms with Crippen molar-refractivity contribution in [2.45, 2.75) is 12.8 Å². The molecule has 9 rings (SSSR count). The average Bonchev–Trinajstić information content (AvgIpc) is 3.35. The van der Waals surface area contributed by atoms with Crippen LogP contribution in [0.3, 0.4) is 0 Å². The molecule has 0 N–H and O–H groups in total. The van der Waals surface area contributed by atoms with E-state index in [9.17, 15) is 0 Å². The highest BCUT2D eigenvalue weighted by Gasteiger charge is 2.22. The summed E-state index contributed by atoms with van der Waals surface area (Å²) in [7, 11) is 0. The lowest BCUT2D eigenvalue weighted by atomic mass is 9.82. The van der Waals surface area contributed by atoms with Crippen molar-refractivity contribution < 1.29 is 0 Å². The number of rotatable bonds is 1. The fourth-order valence-electron chi connectivity index (χ4n) is 6.90. The minimum atomic E-state index is 1.11. The summed E-state index contributed by atoms with van der Waals surface area (Å²) in [6, 6.07) is 36.5. The van der Waals surface area contributed by atoms with Gasteiger partial charge in [0.25, 0.3) is 0 Å². The van der Waals surface area contributed by atoms with Crippen LogP contribution in [0.5, 0.6) is 0 Å². The Hall–Kier alpha value is -4.20. The van der Waals surface area contributed by atoms with Gasteiger partial charge in [-0.3, -0.25) is 0 Å². The van der Waals surface area contributed by atoms with Crippen LogP contribution in [0.2, 0.25) is 0 Å². The number of thiophene rings is 1. The second-order valence-corrected chi connectivity index (χ2v) is 11.4. The number of hydrogen-bond acceptors (Lipinski definition) is 1. The van der Waals surface area contributed by atoms with Gasteiger partial charge in [0, 0.05) is 25.6 Å². The number of fused-ring (bicyclic) bond motifs is 7. The van der Waals surface area contributed by atoms with Gasteiger partial charge >= 0.3 is 0 Å². The van der Waals surface area contributed by atoms with Crippen molar-refractivity contribution in [2.24, 2.45) is 0 Å². The zero-order valence-corrected chi connectivity index (χ0v) is 21.0. The Balaban J connectivity index is 1.55. The topological polar surface area (TPSA) is 0 Å². The molecule has 7 aromatic carbocycles. The Morgan fingerprint density at radius 2 is 1.32 bits per heavy atom. The van der Waals surface area contributed by atoms with E-state index in [0.29, 0.717) is 0 Å². The summed E-state index contributed by atoms with van der Waals surface area (Å²) in [5.41, 5.74) is 5.60. The summed E-state index contributed by atoms with van der Waals surface area (Å²) in [5, 5.41) is 13.7. The molecule has 1 aliphatic carbocycles. The molecule has 37 heavy (non-hydrogen) atoms. The molecule has 1 aromatic heterocycles. The lowest BCUT2D eigenvalue weighted by Gasteiger charge is -2.22. The number of hydrogen-bond donors (Lipinski definition) is 0. The smallest absolute Gasteiger partial charge is 0.0440 e. The van der Waals surface area contributed by atoms with Gasteiger partial charge in [0.05, 0.1) is 0 Å². The molecule has 0 saturated carbocycles. The van der Waals surface area contributed by atoms with E-state index in [4.69, 9.17) is 0 Å². The third-order valence-electron chi connectivity index (χ3n) is 8.42. The highest BCUT2D eigenvalue weighted by Crippen LogP contribution is 2.50. The molecule has 0 saturated heterocycles. The van der Waals surface area contributed by atoms with E-state index in [0.717, 1.165) is 12.8 Å². The summed E-state index contributed by atoms with van der Waals surface area (Å²) in [6.07, 6.45) is 6.94. The maximum atomic E-state index is 2.47. The molecular weight excluding hydrogens is 464 g/mol. The first-order valence-corrected chi connectivity index (χ1v) is 13.9. The van der Waals surface area contributed by atoms with Gasteiger partial charge in [0.15, 0.2) is 0 Å². The van der Waals surface area contributed by atoms with Crippen molar-refractivity contribution in [3.05, 3.63) is 114 Å². The van der Waals surface area contributed by atoms with Crippen LogP contribution in [-0.2, 0) is 6.42 Å². The zero-order chi connectivity index (χ0) is 24.1. The van der Waals surface area contributed by atoms with Crippen molar-refractivity contribution in [3.63, 3.8) is 0 Å². The van der Waals surface area contributed by atoms with Crippen molar-refractivity contribution in [3.8, 4) is 11.1 Å². The monoisotopic (exact) mass is 486 g/mol. The Morgan fingerprint density at radius 1 is 0.568 bits per heavy atom. The van der Waals surface area contributed by atoms with E-state index in [1.54, 1.807) is 0 Å². The third-order valence-corrected chi connectivity index (χ3v) is 9.62. The molecule has 0 aliphatic heterocycles. The van der Waals surface area contributed by atoms with Gasteiger partial charge in [-0.15, -0.1) is 11.3 Å². The Kier molecular flexibility index (Phi) is 3.87. The van der Waals surface area contributed by atoms with Crippen molar-refractivity contribution in [1.82, 2.24) is 0 Å². The molecule has 0 nitrogen and oxygen atoms in total. The Labute approximate surface area is 218 Å². The van der Waals surface area contributed by atoms with Crippen molar-refractivity contribution in [1.29, 1.82) is 0 Å². The van der Waals surface area contributed by atoms with Gasteiger partial charge in [-0.1, -0.05) is 97.1 Å². The van der Waals surface area contributed by atoms with E-state index in [-0.39, 0.29) is 0 Å². The largest absolute Gasteiger partial charge is 0.135 e. The SMILES string of the molecule is C1=Cc2c(cc3ccccc3c2-c2cc3cccc4c5c6ccccc6sc5c5cccc2c5c34)CC1. The number of aryl methyl sites for hydroxylation is 1. The van der Waals surface area contributed by atoms with Crippen molar-refractivity contribution >= 4 is 80.7 Å². The first-order chi connectivity index (χ1) is 18.4. The summed E-state index contributed by atoms with van der Waals surface area (Å²) in [6.45, 7) is 0. The van der Waals surface area contributed by atoms with E-state index in [1.165, 1.54) is 85.5 Å². The molecule has 0 fully saturated rings. The molecule has 0 spiro atoms. The molecule has 172 valence electrons.